The van der Waals surface area contributed by atoms with E-state index in [0.29, 0.717) is 30.3 Å². The highest BCUT2D eigenvalue weighted by Gasteiger charge is 2.34. The summed E-state index contributed by atoms with van der Waals surface area (Å²) < 4.78 is 5.32. The minimum absolute atomic E-state index is 0.0399. The van der Waals surface area contributed by atoms with Crippen LogP contribution in [0, 0.1) is 19.8 Å². The molecule has 0 amide bonds. The predicted octanol–water partition coefficient (Wildman–Crippen LogP) is 2.72. The number of carboxylic acid groups (broad SMARTS) is 1. The van der Waals surface area contributed by atoms with Crippen molar-refractivity contribution >= 4 is 5.97 Å². The fourth-order valence-electron chi connectivity index (χ4n) is 2.88. The summed E-state index contributed by atoms with van der Waals surface area (Å²) in [5.41, 5.74) is 2.79. The van der Waals surface area contributed by atoms with Crippen molar-refractivity contribution in [1.82, 2.24) is 15.1 Å². The highest BCUT2D eigenvalue weighted by atomic mass is 16.5. The third kappa shape index (κ3) is 2.66. The molecule has 0 bridgehead atoms. The topological polar surface area (TPSA) is 89.1 Å². The van der Waals surface area contributed by atoms with E-state index in [4.69, 9.17) is 9.63 Å². The van der Waals surface area contributed by atoms with Gasteiger partial charge >= 0.3 is 5.97 Å². The number of aryl methyl sites for hydroxylation is 2. The number of aromatic nitrogens is 3. The van der Waals surface area contributed by atoms with Crippen molar-refractivity contribution in [2.24, 2.45) is 5.92 Å². The van der Waals surface area contributed by atoms with E-state index in [2.05, 4.69) is 15.1 Å². The van der Waals surface area contributed by atoms with Crippen LogP contribution in [-0.2, 0) is 4.79 Å². The number of carbonyl (C=O) groups is 1. The third-order valence-corrected chi connectivity index (χ3v) is 4.00. The molecular formula is C15H17N3O3. The van der Waals surface area contributed by atoms with Gasteiger partial charge in [-0.15, -0.1) is 0 Å². The number of hydrogen-bond donors (Lipinski definition) is 1. The van der Waals surface area contributed by atoms with Gasteiger partial charge in [0, 0.05) is 12.1 Å². The average Bonchev–Trinajstić information content (AvgIpc) is 3.07. The van der Waals surface area contributed by atoms with E-state index in [1.54, 1.807) is 6.20 Å². The first-order chi connectivity index (χ1) is 10.0. The molecule has 1 aliphatic rings. The lowest BCUT2D eigenvalue weighted by Crippen LogP contribution is -2.09. The maximum atomic E-state index is 11.0. The Morgan fingerprint density at radius 3 is 2.86 bits per heavy atom. The van der Waals surface area contributed by atoms with E-state index in [1.807, 2.05) is 19.9 Å². The summed E-state index contributed by atoms with van der Waals surface area (Å²) in [5.74, 6) is -0.00669. The van der Waals surface area contributed by atoms with Gasteiger partial charge in [0.05, 0.1) is 5.92 Å². The summed E-state index contributed by atoms with van der Waals surface area (Å²) in [5, 5.41) is 13.0. The maximum Gasteiger partial charge on any atom is 0.306 e. The Labute approximate surface area is 122 Å². The molecule has 2 atom stereocenters. The highest BCUT2D eigenvalue weighted by molar-refractivity contribution is 5.70. The van der Waals surface area contributed by atoms with Gasteiger partial charge in [0.25, 0.3) is 0 Å². The molecule has 1 fully saturated rings. The van der Waals surface area contributed by atoms with Gasteiger partial charge in [-0.3, -0.25) is 9.78 Å². The zero-order valence-corrected chi connectivity index (χ0v) is 12.0. The smallest absolute Gasteiger partial charge is 0.306 e. The zero-order chi connectivity index (χ0) is 15.0. The monoisotopic (exact) mass is 287 g/mol. The molecule has 0 radical (unpaired) electrons. The Morgan fingerprint density at radius 2 is 2.19 bits per heavy atom. The highest BCUT2D eigenvalue weighted by Crippen LogP contribution is 2.38. The third-order valence-electron chi connectivity index (χ3n) is 4.00. The molecule has 6 heteroatoms. The molecule has 2 aromatic rings. The maximum absolute atomic E-state index is 11.0. The number of nitrogens with zero attached hydrogens (tertiary/aromatic N) is 3. The molecule has 1 N–H and O–H groups in total. The molecule has 2 heterocycles. The summed E-state index contributed by atoms with van der Waals surface area (Å²) in [6.45, 7) is 3.94. The summed E-state index contributed by atoms with van der Waals surface area (Å²) in [6, 6.07) is 2.02. The SMILES string of the molecule is Cc1cnc(-c2noc(C3CCC(C(=O)O)C3)n2)c(C)c1. The molecule has 6 nitrogen and oxygen atoms in total. The second-order valence-electron chi connectivity index (χ2n) is 5.68. The summed E-state index contributed by atoms with van der Waals surface area (Å²) in [6.07, 6.45) is 3.78. The first-order valence-electron chi connectivity index (χ1n) is 7.04. The number of pyridine rings is 1. The predicted molar refractivity (Wildman–Crippen MR) is 74.7 cm³/mol. The minimum atomic E-state index is -0.742. The van der Waals surface area contributed by atoms with Crippen molar-refractivity contribution in [2.75, 3.05) is 0 Å². The van der Waals surface area contributed by atoms with Crippen LogP contribution in [0.25, 0.3) is 11.5 Å². The molecule has 1 aliphatic carbocycles. The van der Waals surface area contributed by atoms with Gasteiger partial charge in [0.15, 0.2) is 0 Å². The van der Waals surface area contributed by atoms with Gasteiger partial charge in [-0.05, 0) is 44.2 Å². The second-order valence-corrected chi connectivity index (χ2v) is 5.68. The summed E-state index contributed by atoms with van der Waals surface area (Å²) in [4.78, 5) is 19.8. The standard InChI is InChI=1S/C15H17N3O3/c1-8-5-9(2)12(16-7-8)13-17-14(21-18-13)10-3-4-11(6-10)15(19)20/h5,7,10-11H,3-4,6H2,1-2H3,(H,19,20). The number of rotatable bonds is 3. The van der Waals surface area contributed by atoms with Crippen molar-refractivity contribution in [3.63, 3.8) is 0 Å². The fraction of sp³-hybridized carbons (Fsp3) is 0.467. The van der Waals surface area contributed by atoms with Gasteiger partial charge < -0.3 is 9.63 Å². The van der Waals surface area contributed by atoms with Crippen LogP contribution in [0.1, 0.15) is 42.2 Å². The molecule has 3 rings (SSSR count). The van der Waals surface area contributed by atoms with Crippen molar-refractivity contribution in [1.29, 1.82) is 0 Å². The molecule has 0 spiro atoms. The van der Waals surface area contributed by atoms with Gasteiger partial charge in [0.2, 0.25) is 11.7 Å². The van der Waals surface area contributed by atoms with Crippen LogP contribution in [0.4, 0.5) is 0 Å². The van der Waals surface area contributed by atoms with E-state index in [9.17, 15) is 4.79 Å². The van der Waals surface area contributed by atoms with Crippen LogP contribution >= 0.6 is 0 Å². The Morgan fingerprint density at radius 1 is 1.38 bits per heavy atom. The van der Waals surface area contributed by atoms with Crippen LogP contribution in [0.15, 0.2) is 16.8 Å². The van der Waals surface area contributed by atoms with Gasteiger partial charge in [-0.25, -0.2) is 0 Å². The Hall–Kier alpha value is -2.24. The van der Waals surface area contributed by atoms with E-state index >= 15 is 0 Å². The molecule has 2 unspecified atom stereocenters. The Kier molecular flexibility index (Phi) is 3.45. The summed E-state index contributed by atoms with van der Waals surface area (Å²) >= 11 is 0. The van der Waals surface area contributed by atoms with Crippen molar-refractivity contribution < 1.29 is 14.4 Å². The second kappa shape index (κ2) is 5.27. The van der Waals surface area contributed by atoms with E-state index in [0.717, 1.165) is 17.5 Å². The lowest BCUT2D eigenvalue weighted by molar-refractivity contribution is -0.141. The van der Waals surface area contributed by atoms with E-state index in [-0.39, 0.29) is 11.8 Å². The minimum Gasteiger partial charge on any atom is -0.481 e. The van der Waals surface area contributed by atoms with Crippen LogP contribution in [0.5, 0.6) is 0 Å². The molecule has 110 valence electrons. The van der Waals surface area contributed by atoms with Crippen molar-refractivity contribution in [2.45, 2.75) is 39.0 Å². The normalized spacial score (nSPS) is 21.6. The quantitative estimate of drug-likeness (QED) is 0.933. The number of aliphatic carboxylic acids is 1. The molecule has 0 aromatic carbocycles. The van der Waals surface area contributed by atoms with Crippen molar-refractivity contribution in [3.05, 3.63) is 29.3 Å². The largest absolute Gasteiger partial charge is 0.481 e. The molecule has 1 saturated carbocycles. The van der Waals surface area contributed by atoms with Gasteiger partial charge in [-0.1, -0.05) is 11.2 Å². The lowest BCUT2D eigenvalue weighted by Gasteiger charge is -2.03. The van der Waals surface area contributed by atoms with E-state index in [1.165, 1.54) is 0 Å². The van der Waals surface area contributed by atoms with Gasteiger partial charge in [-0.2, -0.15) is 4.98 Å². The van der Waals surface area contributed by atoms with Crippen LogP contribution < -0.4 is 0 Å². The first-order valence-corrected chi connectivity index (χ1v) is 7.04. The zero-order valence-electron chi connectivity index (χ0n) is 12.0. The molecule has 2 aromatic heterocycles. The van der Waals surface area contributed by atoms with Crippen LogP contribution in [-0.4, -0.2) is 26.2 Å². The van der Waals surface area contributed by atoms with Crippen molar-refractivity contribution in [3.8, 4) is 11.5 Å². The first kappa shape index (κ1) is 13.7. The molecule has 0 aliphatic heterocycles. The number of carboxylic acids is 1. The lowest BCUT2D eigenvalue weighted by atomic mass is 10.1. The Bertz CT molecular complexity index is 681. The Balaban J connectivity index is 1.82. The fourth-order valence-corrected chi connectivity index (χ4v) is 2.88. The van der Waals surface area contributed by atoms with E-state index < -0.39 is 5.97 Å². The average molecular weight is 287 g/mol. The van der Waals surface area contributed by atoms with Crippen LogP contribution in [0.3, 0.4) is 0 Å². The molecule has 21 heavy (non-hydrogen) atoms. The number of hydrogen-bond acceptors (Lipinski definition) is 5. The van der Waals surface area contributed by atoms with Gasteiger partial charge in [0.1, 0.15) is 5.69 Å². The molecular weight excluding hydrogens is 270 g/mol. The summed E-state index contributed by atoms with van der Waals surface area (Å²) in [7, 11) is 0. The van der Waals surface area contributed by atoms with Crippen LogP contribution in [0.2, 0.25) is 0 Å². The molecule has 0 saturated heterocycles.